The molecule has 1 saturated heterocycles. The van der Waals surface area contributed by atoms with E-state index in [0.717, 1.165) is 25.9 Å². The van der Waals surface area contributed by atoms with E-state index in [4.69, 9.17) is 0 Å². The van der Waals surface area contributed by atoms with E-state index in [9.17, 15) is 4.79 Å². The van der Waals surface area contributed by atoms with Gasteiger partial charge in [-0.15, -0.1) is 11.3 Å². The second-order valence-corrected chi connectivity index (χ2v) is 5.60. The summed E-state index contributed by atoms with van der Waals surface area (Å²) in [7, 11) is 0. The lowest BCUT2D eigenvalue weighted by Gasteiger charge is -2.32. The summed E-state index contributed by atoms with van der Waals surface area (Å²) in [5.74, 6) is 0.197. The number of hydrogen-bond acceptors (Lipinski definition) is 3. The molecule has 4 heteroatoms. The number of rotatable bonds is 3. The molecule has 1 aliphatic heterocycles. The summed E-state index contributed by atoms with van der Waals surface area (Å²) in [4.78, 5) is 13.3. The second kappa shape index (κ2) is 4.97. The molecule has 0 radical (unpaired) electrons. The largest absolute Gasteiger partial charge is 0.351 e. The Morgan fingerprint density at radius 3 is 2.94 bits per heavy atom. The average molecular weight is 238 g/mol. The third-order valence-corrected chi connectivity index (χ3v) is 4.13. The molecule has 1 aliphatic rings. The molecule has 0 aliphatic carbocycles. The van der Waals surface area contributed by atoms with Gasteiger partial charge in [0, 0.05) is 10.3 Å². The summed E-state index contributed by atoms with van der Waals surface area (Å²) in [5, 5.41) is 8.36. The molecule has 1 aromatic rings. The first kappa shape index (κ1) is 11.6. The van der Waals surface area contributed by atoms with Crippen molar-refractivity contribution < 1.29 is 4.79 Å². The molecule has 0 saturated carbocycles. The molecule has 3 nitrogen and oxygen atoms in total. The van der Waals surface area contributed by atoms with Gasteiger partial charge in [-0.1, -0.05) is 13.0 Å². The molecule has 0 spiro atoms. The fourth-order valence-electron chi connectivity index (χ4n) is 2.00. The van der Waals surface area contributed by atoms with Crippen molar-refractivity contribution in [2.45, 2.75) is 26.3 Å². The minimum Gasteiger partial charge on any atom is -0.351 e. The van der Waals surface area contributed by atoms with Crippen LogP contribution in [0.2, 0.25) is 0 Å². The fraction of sp³-hybridized carbons (Fsp3) is 0.583. The third-order valence-electron chi connectivity index (χ3n) is 3.26. The zero-order chi connectivity index (χ0) is 11.4. The Labute approximate surface area is 100 Å². The van der Waals surface area contributed by atoms with Crippen molar-refractivity contribution in [1.82, 2.24) is 10.6 Å². The first-order valence-corrected chi connectivity index (χ1v) is 6.60. The van der Waals surface area contributed by atoms with Crippen molar-refractivity contribution in [1.29, 1.82) is 0 Å². The zero-order valence-corrected chi connectivity index (χ0v) is 10.4. The molecular formula is C12H18N2OS. The second-order valence-electron chi connectivity index (χ2n) is 4.57. The van der Waals surface area contributed by atoms with Crippen LogP contribution in [0.15, 0.2) is 17.5 Å². The summed E-state index contributed by atoms with van der Waals surface area (Å²) >= 11 is 1.68. The number of hydrogen-bond donors (Lipinski definition) is 2. The van der Waals surface area contributed by atoms with E-state index < -0.39 is 0 Å². The van der Waals surface area contributed by atoms with E-state index in [1.54, 1.807) is 11.3 Å². The van der Waals surface area contributed by atoms with Crippen LogP contribution in [0.25, 0.3) is 0 Å². The van der Waals surface area contributed by atoms with Crippen LogP contribution in [-0.4, -0.2) is 19.0 Å². The van der Waals surface area contributed by atoms with Crippen molar-refractivity contribution in [3.05, 3.63) is 22.4 Å². The lowest BCUT2D eigenvalue weighted by atomic mass is 9.80. The Bertz CT molecular complexity index is 342. The molecular weight excluding hydrogens is 220 g/mol. The van der Waals surface area contributed by atoms with Crippen molar-refractivity contribution in [2.75, 3.05) is 13.1 Å². The SMILES string of the molecule is CC1(C(=O)NCc2cccs2)CCNCC1. The van der Waals surface area contributed by atoms with Gasteiger partial charge in [0.25, 0.3) is 0 Å². The highest BCUT2D eigenvalue weighted by Gasteiger charge is 2.34. The number of nitrogens with one attached hydrogen (secondary N) is 2. The highest BCUT2D eigenvalue weighted by atomic mass is 32.1. The highest BCUT2D eigenvalue weighted by Crippen LogP contribution is 2.28. The van der Waals surface area contributed by atoms with Gasteiger partial charge in [0.1, 0.15) is 0 Å². The molecule has 2 rings (SSSR count). The smallest absolute Gasteiger partial charge is 0.226 e. The summed E-state index contributed by atoms with van der Waals surface area (Å²) in [6.07, 6.45) is 1.87. The van der Waals surface area contributed by atoms with Crippen LogP contribution in [-0.2, 0) is 11.3 Å². The number of piperidine rings is 1. The van der Waals surface area contributed by atoms with E-state index in [1.165, 1.54) is 4.88 Å². The molecule has 16 heavy (non-hydrogen) atoms. The van der Waals surface area contributed by atoms with Crippen LogP contribution in [0.4, 0.5) is 0 Å². The summed E-state index contributed by atoms with van der Waals surface area (Å²) < 4.78 is 0. The first-order valence-electron chi connectivity index (χ1n) is 5.72. The molecule has 0 unspecified atom stereocenters. The maximum absolute atomic E-state index is 12.1. The van der Waals surface area contributed by atoms with Crippen LogP contribution in [0.3, 0.4) is 0 Å². The van der Waals surface area contributed by atoms with E-state index >= 15 is 0 Å². The molecule has 0 atom stereocenters. The van der Waals surface area contributed by atoms with Gasteiger partial charge >= 0.3 is 0 Å². The van der Waals surface area contributed by atoms with Crippen LogP contribution in [0.1, 0.15) is 24.6 Å². The summed E-state index contributed by atoms with van der Waals surface area (Å²) in [6.45, 7) is 4.63. The molecule has 88 valence electrons. The maximum atomic E-state index is 12.1. The van der Waals surface area contributed by atoms with E-state index in [2.05, 4.69) is 23.6 Å². The van der Waals surface area contributed by atoms with Gasteiger partial charge in [-0.25, -0.2) is 0 Å². The Balaban J connectivity index is 1.87. The van der Waals surface area contributed by atoms with Gasteiger partial charge < -0.3 is 10.6 Å². The normalized spacial score (nSPS) is 19.3. The van der Waals surface area contributed by atoms with Gasteiger partial charge in [-0.2, -0.15) is 0 Å². The third kappa shape index (κ3) is 2.62. The van der Waals surface area contributed by atoms with Crippen molar-refractivity contribution in [3.8, 4) is 0 Å². The molecule has 0 bridgehead atoms. The topological polar surface area (TPSA) is 41.1 Å². The van der Waals surface area contributed by atoms with Crippen LogP contribution < -0.4 is 10.6 Å². The van der Waals surface area contributed by atoms with Gasteiger partial charge in [-0.3, -0.25) is 4.79 Å². The molecule has 2 N–H and O–H groups in total. The Kier molecular flexibility index (Phi) is 3.61. The molecule has 0 aromatic carbocycles. The number of carbonyl (C=O) groups excluding carboxylic acids is 1. The van der Waals surface area contributed by atoms with Crippen LogP contribution in [0, 0.1) is 5.41 Å². The monoisotopic (exact) mass is 238 g/mol. The van der Waals surface area contributed by atoms with E-state index in [1.807, 2.05) is 11.4 Å². The lowest BCUT2D eigenvalue weighted by molar-refractivity contribution is -0.131. The predicted octanol–water partition coefficient (Wildman–Crippen LogP) is 1.75. The standard InChI is InChI=1S/C12H18N2OS/c1-12(4-6-13-7-5-12)11(15)14-9-10-3-2-8-16-10/h2-3,8,13H,4-7,9H2,1H3,(H,14,15). The van der Waals surface area contributed by atoms with Crippen molar-refractivity contribution in [3.63, 3.8) is 0 Å². The Morgan fingerprint density at radius 1 is 1.56 bits per heavy atom. The summed E-state index contributed by atoms with van der Waals surface area (Å²) in [6, 6.07) is 4.06. The van der Waals surface area contributed by atoms with Gasteiger partial charge in [0.15, 0.2) is 0 Å². The molecule has 1 fully saturated rings. The molecule has 2 heterocycles. The molecule has 1 aromatic heterocycles. The van der Waals surface area contributed by atoms with Crippen molar-refractivity contribution >= 4 is 17.2 Å². The van der Waals surface area contributed by atoms with Gasteiger partial charge in [0.2, 0.25) is 5.91 Å². The zero-order valence-electron chi connectivity index (χ0n) is 9.58. The minimum absolute atomic E-state index is 0.178. The average Bonchev–Trinajstić information content (AvgIpc) is 2.79. The predicted molar refractivity (Wildman–Crippen MR) is 66.4 cm³/mol. The Morgan fingerprint density at radius 2 is 2.31 bits per heavy atom. The van der Waals surface area contributed by atoms with E-state index in [0.29, 0.717) is 6.54 Å². The number of thiophene rings is 1. The van der Waals surface area contributed by atoms with Crippen LogP contribution in [0.5, 0.6) is 0 Å². The minimum atomic E-state index is -0.178. The Hall–Kier alpha value is -0.870. The summed E-state index contributed by atoms with van der Waals surface area (Å²) in [5.41, 5.74) is -0.178. The molecule has 1 amide bonds. The van der Waals surface area contributed by atoms with E-state index in [-0.39, 0.29) is 11.3 Å². The van der Waals surface area contributed by atoms with Gasteiger partial charge in [-0.05, 0) is 37.4 Å². The quantitative estimate of drug-likeness (QED) is 0.842. The number of amides is 1. The van der Waals surface area contributed by atoms with Gasteiger partial charge in [0.05, 0.1) is 6.54 Å². The number of carbonyl (C=O) groups is 1. The lowest BCUT2D eigenvalue weighted by Crippen LogP contribution is -2.45. The maximum Gasteiger partial charge on any atom is 0.226 e. The first-order chi connectivity index (χ1) is 7.71. The highest BCUT2D eigenvalue weighted by molar-refractivity contribution is 7.09. The fourth-order valence-corrected chi connectivity index (χ4v) is 2.64. The van der Waals surface area contributed by atoms with Crippen LogP contribution >= 0.6 is 11.3 Å². The van der Waals surface area contributed by atoms with Crippen molar-refractivity contribution in [2.24, 2.45) is 5.41 Å².